The molecule has 2 aromatic heterocycles. The topological polar surface area (TPSA) is 93.3 Å². The molecule has 2 aliphatic rings. The minimum atomic E-state index is -0.888. The fourth-order valence-electron chi connectivity index (χ4n) is 5.11. The summed E-state index contributed by atoms with van der Waals surface area (Å²) < 4.78 is 9.42. The quantitative estimate of drug-likeness (QED) is 0.564. The van der Waals surface area contributed by atoms with Crippen LogP contribution in [0.1, 0.15) is 51.6 Å². The molecule has 3 heterocycles. The largest absolute Gasteiger partial charge is 0.494 e. The van der Waals surface area contributed by atoms with Crippen molar-refractivity contribution in [2.45, 2.75) is 70.6 Å². The molecule has 9 heteroatoms. The van der Waals surface area contributed by atoms with Gasteiger partial charge in [-0.3, -0.25) is 0 Å². The van der Waals surface area contributed by atoms with Crippen molar-refractivity contribution < 1.29 is 9.84 Å². The highest BCUT2D eigenvalue weighted by atomic mass is 16.5. The van der Waals surface area contributed by atoms with E-state index in [1.54, 1.807) is 27.3 Å². The lowest BCUT2D eigenvalue weighted by molar-refractivity contribution is 0.0574. The Morgan fingerprint density at radius 1 is 1.21 bits per heavy atom. The second kappa shape index (κ2) is 8.06. The van der Waals surface area contributed by atoms with E-state index in [4.69, 9.17) is 14.8 Å². The summed E-state index contributed by atoms with van der Waals surface area (Å²) in [5, 5.41) is 18.5. The van der Waals surface area contributed by atoms with E-state index in [9.17, 15) is 5.11 Å². The van der Waals surface area contributed by atoms with Gasteiger partial charge in [0.1, 0.15) is 5.75 Å². The van der Waals surface area contributed by atoms with Crippen LogP contribution in [0, 0.1) is 6.92 Å². The molecule has 0 radical (unpaired) electrons. The number of benzene rings is 1. The Bertz CT molecular complexity index is 1140. The van der Waals surface area contributed by atoms with Crippen molar-refractivity contribution in [2.75, 3.05) is 23.9 Å². The number of hydrogen-bond donors (Lipinski definition) is 2. The average molecular weight is 452 g/mol. The molecule has 1 aromatic carbocycles. The molecule has 0 atom stereocenters. The standard InChI is InChI=1S/C24H33N7O2/c1-17-14-29(16-25-17)19-8-7-18(13-20(19)33-4)26-21-27-22(31(28-21)15-23(2,3)32)30-12-11-24(30)9-5-6-10-24/h7-8,13-14,16,32H,5-6,9-12,15H2,1-4H3,(H,26,28). The van der Waals surface area contributed by atoms with Gasteiger partial charge in [0.25, 0.3) is 0 Å². The van der Waals surface area contributed by atoms with E-state index in [1.165, 1.54) is 32.1 Å². The molecular weight excluding hydrogens is 418 g/mol. The minimum Gasteiger partial charge on any atom is -0.494 e. The van der Waals surface area contributed by atoms with Crippen LogP contribution in [0.25, 0.3) is 5.69 Å². The van der Waals surface area contributed by atoms with Gasteiger partial charge in [0, 0.05) is 30.0 Å². The van der Waals surface area contributed by atoms with Crippen LogP contribution in [0.15, 0.2) is 30.7 Å². The SMILES string of the molecule is COc1cc(Nc2nc(N3CCC34CCCC4)n(CC(C)(C)O)n2)ccc1-n1cnc(C)c1. The smallest absolute Gasteiger partial charge is 0.248 e. The summed E-state index contributed by atoms with van der Waals surface area (Å²) in [6.07, 6.45) is 9.89. The zero-order chi connectivity index (χ0) is 23.2. The van der Waals surface area contributed by atoms with Gasteiger partial charge in [-0.25, -0.2) is 9.67 Å². The van der Waals surface area contributed by atoms with Crippen LogP contribution in [0.3, 0.4) is 0 Å². The van der Waals surface area contributed by atoms with Crippen LogP contribution in [0.2, 0.25) is 0 Å². The van der Waals surface area contributed by atoms with Gasteiger partial charge in [-0.15, -0.1) is 5.10 Å². The van der Waals surface area contributed by atoms with E-state index in [-0.39, 0.29) is 5.54 Å². The first kappa shape index (κ1) is 21.8. The van der Waals surface area contributed by atoms with Crippen molar-refractivity contribution in [3.8, 4) is 11.4 Å². The first-order valence-corrected chi connectivity index (χ1v) is 11.7. The predicted octanol–water partition coefficient (Wildman–Crippen LogP) is 3.82. The number of aryl methyl sites for hydroxylation is 1. The van der Waals surface area contributed by atoms with Crippen LogP contribution in [0.4, 0.5) is 17.6 Å². The molecule has 1 spiro atoms. The maximum absolute atomic E-state index is 10.5. The first-order chi connectivity index (χ1) is 15.8. The third-order valence-corrected chi connectivity index (χ3v) is 6.76. The van der Waals surface area contributed by atoms with Crippen molar-refractivity contribution in [3.63, 3.8) is 0 Å². The number of aromatic nitrogens is 5. The average Bonchev–Trinajstić information content (AvgIpc) is 3.48. The number of nitrogens with one attached hydrogen (secondary N) is 1. The second-order valence-corrected chi connectivity index (χ2v) is 9.97. The highest BCUT2D eigenvalue weighted by molar-refractivity contribution is 5.62. The van der Waals surface area contributed by atoms with Crippen molar-refractivity contribution in [1.82, 2.24) is 24.3 Å². The van der Waals surface area contributed by atoms with Gasteiger partial charge in [-0.05, 0) is 52.2 Å². The van der Waals surface area contributed by atoms with E-state index in [2.05, 4.69) is 15.2 Å². The molecule has 2 N–H and O–H groups in total. The van der Waals surface area contributed by atoms with Crippen LogP contribution < -0.4 is 15.0 Å². The Morgan fingerprint density at radius 2 is 2.00 bits per heavy atom. The third kappa shape index (κ3) is 4.17. The van der Waals surface area contributed by atoms with Crippen molar-refractivity contribution >= 4 is 17.6 Å². The fourth-order valence-corrected chi connectivity index (χ4v) is 5.11. The number of aliphatic hydroxyl groups is 1. The van der Waals surface area contributed by atoms with E-state index >= 15 is 0 Å². The van der Waals surface area contributed by atoms with Gasteiger partial charge in [0.2, 0.25) is 11.9 Å². The highest BCUT2D eigenvalue weighted by Crippen LogP contribution is 2.46. The third-order valence-electron chi connectivity index (χ3n) is 6.76. The van der Waals surface area contributed by atoms with E-state index in [0.29, 0.717) is 12.5 Å². The lowest BCUT2D eigenvalue weighted by atomic mass is 9.83. The lowest BCUT2D eigenvalue weighted by Crippen LogP contribution is -2.59. The lowest BCUT2D eigenvalue weighted by Gasteiger charge is -2.51. The molecule has 3 aromatic rings. The summed E-state index contributed by atoms with van der Waals surface area (Å²) in [5.74, 6) is 2.08. The Labute approximate surface area is 194 Å². The molecule has 1 aliphatic heterocycles. The van der Waals surface area contributed by atoms with Crippen LogP contribution in [-0.4, -0.2) is 54.2 Å². The van der Waals surface area contributed by atoms with Gasteiger partial charge in [0.05, 0.1) is 37.0 Å². The molecular formula is C24H33N7O2. The van der Waals surface area contributed by atoms with Crippen molar-refractivity contribution in [2.24, 2.45) is 0 Å². The van der Waals surface area contributed by atoms with Gasteiger partial charge in [0.15, 0.2) is 0 Å². The monoisotopic (exact) mass is 451 g/mol. The molecule has 0 bridgehead atoms. The molecule has 176 valence electrons. The zero-order valence-electron chi connectivity index (χ0n) is 19.9. The molecule has 2 fully saturated rings. The van der Waals surface area contributed by atoms with Crippen LogP contribution in [-0.2, 0) is 6.54 Å². The molecule has 9 nitrogen and oxygen atoms in total. The number of nitrogens with zero attached hydrogens (tertiary/aromatic N) is 6. The molecule has 1 saturated heterocycles. The maximum atomic E-state index is 10.5. The molecule has 5 rings (SSSR count). The number of imidazole rings is 1. The number of hydrogen-bond acceptors (Lipinski definition) is 7. The summed E-state index contributed by atoms with van der Waals surface area (Å²) in [5.41, 5.74) is 2.02. The summed E-state index contributed by atoms with van der Waals surface area (Å²) in [6, 6.07) is 5.90. The Hall–Kier alpha value is -3.07. The first-order valence-electron chi connectivity index (χ1n) is 11.7. The van der Waals surface area contributed by atoms with Gasteiger partial charge < -0.3 is 24.6 Å². The zero-order valence-corrected chi connectivity index (χ0v) is 19.9. The maximum Gasteiger partial charge on any atom is 0.248 e. The van der Waals surface area contributed by atoms with E-state index in [1.807, 2.05) is 40.6 Å². The van der Waals surface area contributed by atoms with Crippen molar-refractivity contribution in [3.05, 3.63) is 36.4 Å². The minimum absolute atomic E-state index is 0.218. The van der Waals surface area contributed by atoms with Crippen molar-refractivity contribution in [1.29, 1.82) is 0 Å². The van der Waals surface area contributed by atoms with Gasteiger partial charge >= 0.3 is 0 Å². The Balaban J connectivity index is 1.44. The van der Waals surface area contributed by atoms with Crippen LogP contribution >= 0.6 is 0 Å². The number of rotatable bonds is 7. The fraction of sp³-hybridized carbons (Fsp3) is 0.542. The number of ether oxygens (including phenoxy) is 1. The Morgan fingerprint density at radius 3 is 2.61 bits per heavy atom. The Kier molecular flexibility index (Phi) is 5.31. The highest BCUT2D eigenvalue weighted by Gasteiger charge is 2.48. The molecule has 0 amide bonds. The summed E-state index contributed by atoms with van der Waals surface area (Å²) in [7, 11) is 1.66. The normalized spacial score (nSPS) is 17.4. The molecule has 33 heavy (non-hydrogen) atoms. The predicted molar refractivity (Wildman–Crippen MR) is 128 cm³/mol. The summed E-state index contributed by atoms with van der Waals surface area (Å²) in [4.78, 5) is 11.6. The molecule has 1 aliphatic carbocycles. The van der Waals surface area contributed by atoms with Gasteiger partial charge in [-0.1, -0.05) is 12.8 Å². The van der Waals surface area contributed by atoms with Gasteiger partial charge in [-0.2, -0.15) is 4.98 Å². The van der Waals surface area contributed by atoms with E-state index in [0.717, 1.165) is 35.3 Å². The molecule has 1 saturated carbocycles. The summed E-state index contributed by atoms with van der Waals surface area (Å²) in [6.45, 7) is 6.92. The number of anilines is 3. The van der Waals surface area contributed by atoms with E-state index < -0.39 is 5.60 Å². The number of methoxy groups -OCH3 is 1. The second-order valence-electron chi connectivity index (χ2n) is 9.97. The van der Waals surface area contributed by atoms with Crippen LogP contribution in [0.5, 0.6) is 5.75 Å². The summed E-state index contributed by atoms with van der Waals surface area (Å²) >= 11 is 0. The molecule has 0 unspecified atom stereocenters.